The van der Waals surface area contributed by atoms with Crippen LogP contribution in [-0.2, 0) is 17.6 Å². The van der Waals surface area contributed by atoms with Crippen molar-refractivity contribution in [3.63, 3.8) is 0 Å². The highest BCUT2D eigenvalue weighted by Gasteiger charge is 2.33. The number of nitrogens with zero attached hydrogens (tertiary/aromatic N) is 1. The quantitative estimate of drug-likeness (QED) is 0.157. The molecule has 0 aliphatic carbocycles. The molecule has 0 N–H and O–H groups in total. The average Bonchev–Trinajstić information content (AvgIpc) is 2.92. The Morgan fingerprint density at radius 3 is 2.33 bits per heavy atom. The molecule has 4 aromatic carbocycles. The fourth-order valence-corrected chi connectivity index (χ4v) is 4.52. The van der Waals surface area contributed by atoms with Crippen LogP contribution in [0, 0.1) is 0 Å². The number of alkyl halides is 3. The topological polar surface area (TPSA) is 48.4 Å². The van der Waals surface area contributed by atoms with Crippen LogP contribution in [0.2, 0.25) is 5.02 Å². The van der Waals surface area contributed by atoms with E-state index in [-0.39, 0.29) is 12.1 Å². The lowest BCUT2D eigenvalue weighted by Crippen LogP contribution is -2.07. The summed E-state index contributed by atoms with van der Waals surface area (Å²) in [6.07, 6.45) is -3.08. The molecule has 0 amide bonds. The summed E-state index contributed by atoms with van der Waals surface area (Å²) in [6.45, 7) is 1.50. The van der Waals surface area contributed by atoms with Crippen LogP contribution >= 0.6 is 11.6 Å². The molecule has 0 atom stereocenters. The van der Waals surface area contributed by atoms with Gasteiger partial charge in [-0.1, -0.05) is 72.3 Å². The third kappa shape index (κ3) is 5.73. The summed E-state index contributed by atoms with van der Waals surface area (Å²) >= 11 is 6.45. The van der Waals surface area contributed by atoms with Crippen molar-refractivity contribution < 1.29 is 27.4 Å². The van der Waals surface area contributed by atoms with Crippen LogP contribution in [0.1, 0.15) is 18.1 Å². The molecule has 0 bridgehead atoms. The van der Waals surface area contributed by atoms with Gasteiger partial charge >= 0.3 is 12.1 Å². The lowest BCUT2D eigenvalue weighted by Gasteiger charge is -2.17. The number of ether oxygens (including phenoxy) is 2. The predicted octanol–water partition coefficient (Wildman–Crippen LogP) is 8.75. The highest BCUT2D eigenvalue weighted by atomic mass is 35.5. The Balaban J connectivity index is 1.58. The minimum absolute atomic E-state index is 0.134. The normalized spacial score (nSPS) is 11.4. The zero-order chi connectivity index (χ0) is 27.6. The number of esters is 1. The van der Waals surface area contributed by atoms with E-state index in [0.717, 1.165) is 17.2 Å². The van der Waals surface area contributed by atoms with Crippen LogP contribution in [0.15, 0.2) is 97.2 Å². The van der Waals surface area contributed by atoms with Crippen molar-refractivity contribution in [1.29, 1.82) is 0 Å². The molecular weight excluding hydrogens is 527 g/mol. The van der Waals surface area contributed by atoms with E-state index in [1.165, 1.54) is 19.2 Å². The maximum absolute atomic E-state index is 13.8. The Bertz CT molecular complexity index is 1650. The minimum atomic E-state index is -4.56. The fraction of sp³-hybridized carbons (Fsp3) is 0.0968. The molecule has 4 nitrogen and oxygen atoms in total. The minimum Gasteiger partial charge on any atom is -0.487 e. The van der Waals surface area contributed by atoms with Crippen molar-refractivity contribution in [2.75, 3.05) is 0 Å². The largest absolute Gasteiger partial charge is 0.487 e. The predicted molar refractivity (Wildman–Crippen MR) is 145 cm³/mol. The number of carbonyl (C=O) groups is 1. The molecule has 0 unspecified atom stereocenters. The lowest BCUT2D eigenvalue weighted by molar-refractivity contribution is -0.136. The summed E-state index contributed by atoms with van der Waals surface area (Å²) in [5, 5.41) is 0.714. The van der Waals surface area contributed by atoms with E-state index in [0.29, 0.717) is 38.6 Å². The molecule has 39 heavy (non-hydrogen) atoms. The Morgan fingerprint density at radius 1 is 0.897 bits per heavy atom. The molecule has 5 rings (SSSR count). The monoisotopic (exact) mass is 547 g/mol. The van der Waals surface area contributed by atoms with Crippen molar-refractivity contribution >= 4 is 28.5 Å². The van der Waals surface area contributed by atoms with Gasteiger partial charge in [0.1, 0.15) is 18.1 Å². The molecule has 1 heterocycles. The number of hydrogen-bond donors (Lipinski definition) is 0. The number of aromatic nitrogens is 1. The van der Waals surface area contributed by atoms with Gasteiger partial charge in [-0.3, -0.25) is 9.78 Å². The number of rotatable bonds is 6. The van der Waals surface area contributed by atoms with E-state index in [4.69, 9.17) is 21.1 Å². The SMILES string of the molecule is CC(=O)Oc1ccc(COc2cc(-c3c(-c4ccccc4)cnc4c(C(F)(F)F)cccc34)ccc2Cl)cc1. The smallest absolute Gasteiger partial charge is 0.418 e. The third-order valence-corrected chi connectivity index (χ3v) is 6.40. The number of benzene rings is 4. The molecule has 0 aliphatic heterocycles. The van der Waals surface area contributed by atoms with E-state index >= 15 is 0 Å². The highest BCUT2D eigenvalue weighted by molar-refractivity contribution is 6.32. The molecule has 196 valence electrons. The van der Waals surface area contributed by atoms with Crippen molar-refractivity contribution in [2.24, 2.45) is 0 Å². The van der Waals surface area contributed by atoms with E-state index < -0.39 is 17.7 Å². The highest BCUT2D eigenvalue weighted by Crippen LogP contribution is 2.43. The molecular formula is C31H21ClF3NO3. The molecule has 8 heteroatoms. The molecule has 0 aliphatic rings. The molecule has 0 saturated heterocycles. The van der Waals surface area contributed by atoms with E-state index in [2.05, 4.69) is 4.98 Å². The van der Waals surface area contributed by atoms with E-state index in [1.807, 2.05) is 30.3 Å². The molecule has 0 radical (unpaired) electrons. The summed E-state index contributed by atoms with van der Waals surface area (Å²) in [6, 6.07) is 25.4. The number of pyridine rings is 1. The van der Waals surface area contributed by atoms with Gasteiger partial charge in [0.15, 0.2) is 0 Å². The van der Waals surface area contributed by atoms with Gasteiger partial charge in [-0.2, -0.15) is 13.2 Å². The van der Waals surface area contributed by atoms with Crippen LogP contribution in [0.4, 0.5) is 13.2 Å². The van der Waals surface area contributed by atoms with Crippen molar-refractivity contribution in [2.45, 2.75) is 19.7 Å². The maximum atomic E-state index is 13.8. The van der Waals surface area contributed by atoms with Gasteiger partial charge in [0.05, 0.1) is 16.1 Å². The second-order valence-corrected chi connectivity index (χ2v) is 9.19. The summed E-state index contributed by atoms with van der Waals surface area (Å²) in [5.41, 5.74) is 2.58. The second-order valence-electron chi connectivity index (χ2n) is 8.78. The standard InChI is InChI=1S/C31H21ClF3NO3/c1-19(37)39-23-13-10-20(11-14-23)18-38-28-16-22(12-15-27(28)32)29-24-8-5-9-26(31(33,34)35)30(24)36-17-25(29)21-6-3-2-4-7-21/h2-17H,18H2,1H3. The van der Waals surface area contributed by atoms with Crippen molar-refractivity contribution in [3.8, 4) is 33.8 Å². The van der Waals surface area contributed by atoms with Gasteiger partial charge in [0.2, 0.25) is 0 Å². The Morgan fingerprint density at radius 2 is 1.64 bits per heavy atom. The van der Waals surface area contributed by atoms with Gasteiger partial charge < -0.3 is 9.47 Å². The first-order valence-corrected chi connectivity index (χ1v) is 12.3. The summed E-state index contributed by atoms with van der Waals surface area (Å²) in [5.74, 6) is 0.375. The summed E-state index contributed by atoms with van der Waals surface area (Å²) < 4.78 is 52.6. The Kier molecular flexibility index (Phi) is 7.26. The maximum Gasteiger partial charge on any atom is 0.418 e. The molecule has 5 aromatic rings. The van der Waals surface area contributed by atoms with Crippen molar-refractivity contribution in [3.05, 3.63) is 113 Å². The second kappa shape index (κ2) is 10.8. The zero-order valence-corrected chi connectivity index (χ0v) is 21.4. The van der Waals surface area contributed by atoms with Crippen molar-refractivity contribution in [1.82, 2.24) is 4.98 Å². The summed E-state index contributed by atoms with van der Waals surface area (Å²) in [7, 11) is 0. The third-order valence-electron chi connectivity index (χ3n) is 6.09. The van der Waals surface area contributed by atoms with Crippen LogP contribution < -0.4 is 9.47 Å². The van der Waals surface area contributed by atoms with Crippen LogP contribution in [-0.4, -0.2) is 11.0 Å². The molecule has 0 spiro atoms. The number of para-hydroxylation sites is 1. The van der Waals surface area contributed by atoms with Gasteiger partial charge in [0.25, 0.3) is 0 Å². The molecule has 0 saturated carbocycles. The first kappa shape index (κ1) is 26.3. The first-order valence-electron chi connectivity index (χ1n) is 11.9. The molecule has 0 fully saturated rings. The summed E-state index contributed by atoms with van der Waals surface area (Å²) in [4.78, 5) is 15.4. The van der Waals surface area contributed by atoms with Gasteiger partial charge in [-0.15, -0.1) is 0 Å². The number of hydrogen-bond acceptors (Lipinski definition) is 4. The average molecular weight is 548 g/mol. The Labute approximate surface area is 227 Å². The van der Waals surface area contributed by atoms with Gasteiger partial charge in [0, 0.05) is 29.6 Å². The first-order chi connectivity index (χ1) is 18.7. The van der Waals surface area contributed by atoms with Gasteiger partial charge in [-0.05, 0) is 47.0 Å². The lowest BCUT2D eigenvalue weighted by atomic mass is 9.91. The van der Waals surface area contributed by atoms with E-state index in [1.54, 1.807) is 48.5 Å². The van der Waals surface area contributed by atoms with Crippen LogP contribution in [0.25, 0.3) is 33.2 Å². The van der Waals surface area contributed by atoms with E-state index in [9.17, 15) is 18.0 Å². The zero-order valence-electron chi connectivity index (χ0n) is 20.6. The van der Waals surface area contributed by atoms with Crippen LogP contribution in [0.5, 0.6) is 11.5 Å². The molecule has 1 aromatic heterocycles. The number of halogens is 4. The van der Waals surface area contributed by atoms with Gasteiger partial charge in [-0.25, -0.2) is 0 Å². The fourth-order valence-electron chi connectivity index (χ4n) is 4.35. The number of carbonyl (C=O) groups excluding carboxylic acids is 1. The number of fused-ring (bicyclic) bond motifs is 1. The Hall–Kier alpha value is -4.36. The van der Waals surface area contributed by atoms with Crippen LogP contribution in [0.3, 0.4) is 0 Å².